The minimum atomic E-state index is -1.22. The van der Waals surface area contributed by atoms with Gasteiger partial charge < -0.3 is 15.3 Å². The van der Waals surface area contributed by atoms with Gasteiger partial charge in [-0.2, -0.15) is 5.11 Å². The van der Waals surface area contributed by atoms with E-state index in [1.807, 2.05) is 24.3 Å². The fraction of sp³-hybridized carbons (Fsp3) is 0. The Morgan fingerprint density at radius 3 is 2.39 bits per heavy atom. The largest absolute Gasteiger partial charge is 0.507 e. The summed E-state index contributed by atoms with van der Waals surface area (Å²) in [5, 5.41) is 38.1. The molecule has 0 unspecified atom stereocenters. The van der Waals surface area contributed by atoms with Gasteiger partial charge in [0, 0.05) is 11.5 Å². The molecule has 3 N–H and O–H groups in total. The van der Waals surface area contributed by atoms with Crippen LogP contribution in [-0.2, 0) is 0 Å². The van der Waals surface area contributed by atoms with Crippen LogP contribution >= 0.6 is 0 Å². The molecule has 0 spiro atoms. The number of carboxylic acids is 1. The van der Waals surface area contributed by atoms with Gasteiger partial charge in [0.15, 0.2) is 0 Å². The highest BCUT2D eigenvalue weighted by atomic mass is 16.4. The number of carboxylic acid groups (broad SMARTS) is 1. The molecule has 0 amide bonds. The van der Waals surface area contributed by atoms with E-state index in [0.717, 1.165) is 10.8 Å². The predicted octanol–water partition coefficient (Wildman–Crippen LogP) is 4.36. The normalized spacial score (nSPS) is 11.1. The van der Waals surface area contributed by atoms with Crippen molar-refractivity contribution >= 4 is 28.1 Å². The van der Waals surface area contributed by atoms with Crippen molar-refractivity contribution in [1.82, 2.24) is 0 Å². The van der Waals surface area contributed by atoms with Crippen LogP contribution in [0.15, 0.2) is 64.8 Å². The number of aromatic hydroxyl groups is 2. The Bertz CT molecular complexity index is 935. The zero-order valence-electron chi connectivity index (χ0n) is 11.8. The van der Waals surface area contributed by atoms with Crippen molar-refractivity contribution in [3.63, 3.8) is 0 Å². The number of benzene rings is 3. The Hall–Kier alpha value is -3.41. The fourth-order valence-corrected chi connectivity index (χ4v) is 2.22. The smallest absolute Gasteiger partial charge is 0.339 e. The van der Waals surface area contributed by atoms with Gasteiger partial charge in [-0.15, -0.1) is 5.11 Å². The molecule has 3 aromatic carbocycles. The van der Waals surface area contributed by atoms with E-state index < -0.39 is 11.7 Å². The first-order valence-electron chi connectivity index (χ1n) is 6.75. The molecule has 3 aromatic rings. The summed E-state index contributed by atoms with van der Waals surface area (Å²) in [6.45, 7) is 0. The summed E-state index contributed by atoms with van der Waals surface area (Å²) in [5.74, 6) is -1.63. The average Bonchev–Trinajstić information content (AvgIpc) is 2.53. The van der Waals surface area contributed by atoms with Gasteiger partial charge in [0.25, 0.3) is 0 Å². The molecule has 0 saturated heterocycles. The highest BCUT2D eigenvalue weighted by Gasteiger charge is 2.10. The maximum atomic E-state index is 10.9. The first kappa shape index (κ1) is 14.5. The summed E-state index contributed by atoms with van der Waals surface area (Å²) in [6, 6.07) is 14.6. The van der Waals surface area contributed by atoms with Crippen LogP contribution in [0.2, 0.25) is 0 Å². The molecule has 114 valence electrons. The van der Waals surface area contributed by atoms with Crippen LogP contribution in [0.4, 0.5) is 11.4 Å². The number of phenols is 2. The third-order valence-electron chi connectivity index (χ3n) is 3.36. The van der Waals surface area contributed by atoms with Gasteiger partial charge in [0.2, 0.25) is 0 Å². The predicted molar refractivity (Wildman–Crippen MR) is 84.9 cm³/mol. The zero-order valence-corrected chi connectivity index (χ0v) is 11.8. The lowest BCUT2D eigenvalue weighted by molar-refractivity contribution is 0.0694. The van der Waals surface area contributed by atoms with Crippen LogP contribution in [-0.4, -0.2) is 21.3 Å². The molecule has 3 rings (SSSR count). The summed E-state index contributed by atoms with van der Waals surface area (Å²) in [7, 11) is 0. The molecule has 0 aliphatic heterocycles. The highest BCUT2D eigenvalue weighted by molar-refractivity contribution is 5.95. The number of carbonyl (C=O) groups is 1. The van der Waals surface area contributed by atoms with Crippen LogP contribution in [0, 0.1) is 0 Å². The zero-order chi connectivity index (χ0) is 16.4. The number of nitrogens with zero attached hydrogens (tertiary/aromatic N) is 2. The summed E-state index contributed by atoms with van der Waals surface area (Å²) in [4.78, 5) is 10.9. The Morgan fingerprint density at radius 1 is 0.870 bits per heavy atom. The van der Waals surface area contributed by atoms with Crippen molar-refractivity contribution < 1.29 is 20.1 Å². The lowest BCUT2D eigenvalue weighted by Gasteiger charge is -2.04. The summed E-state index contributed by atoms with van der Waals surface area (Å²) >= 11 is 0. The molecule has 0 aromatic heterocycles. The Balaban J connectivity index is 2.02. The van der Waals surface area contributed by atoms with Crippen LogP contribution < -0.4 is 0 Å². The van der Waals surface area contributed by atoms with Crippen LogP contribution in [0.25, 0.3) is 10.8 Å². The summed E-state index contributed by atoms with van der Waals surface area (Å²) in [6.07, 6.45) is 0. The topological polar surface area (TPSA) is 102 Å². The Morgan fingerprint density at radius 2 is 1.65 bits per heavy atom. The van der Waals surface area contributed by atoms with Gasteiger partial charge in [-0.3, -0.25) is 0 Å². The summed E-state index contributed by atoms with van der Waals surface area (Å²) in [5.41, 5.74) is 0.377. The van der Waals surface area contributed by atoms with E-state index in [1.54, 1.807) is 6.07 Å². The molecule has 0 aliphatic rings. The van der Waals surface area contributed by atoms with Gasteiger partial charge >= 0.3 is 5.97 Å². The molecule has 0 saturated carbocycles. The van der Waals surface area contributed by atoms with Gasteiger partial charge in [0.1, 0.15) is 22.7 Å². The number of hydrogen-bond donors (Lipinski definition) is 3. The van der Waals surface area contributed by atoms with Crippen LogP contribution in [0.3, 0.4) is 0 Å². The fourth-order valence-electron chi connectivity index (χ4n) is 2.22. The van der Waals surface area contributed by atoms with Crippen LogP contribution in [0.5, 0.6) is 11.5 Å². The summed E-state index contributed by atoms with van der Waals surface area (Å²) < 4.78 is 0. The molecule has 6 nitrogen and oxygen atoms in total. The first-order valence-corrected chi connectivity index (χ1v) is 6.75. The van der Waals surface area contributed by atoms with Crippen LogP contribution in [0.1, 0.15) is 10.4 Å². The van der Waals surface area contributed by atoms with E-state index >= 15 is 0 Å². The second-order valence-corrected chi connectivity index (χ2v) is 4.86. The van der Waals surface area contributed by atoms with Crippen molar-refractivity contribution in [3.8, 4) is 11.5 Å². The Labute approximate surface area is 131 Å². The first-order chi connectivity index (χ1) is 11.1. The van der Waals surface area contributed by atoms with E-state index in [-0.39, 0.29) is 17.0 Å². The average molecular weight is 308 g/mol. The van der Waals surface area contributed by atoms with Crippen molar-refractivity contribution in [3.05, 3.63) is 60.2 Å². The number of fused-ring (bicyclic) bond motifs is 1. The second-order valence-electron chi connectivity index (χ2n) is 4.86. The van der Waals surface area contributed by atoms with E-state index in [1.165, 1.54) is 24.3 Å². The highest BCUT2D eigenvalue weighted by Crippen LogP contribution is 2.36. The van der Waals surface area contributed by atoms with E-state index in [9.17, 15) is 15.0 Å². The van der Waals surface area contributed by atoms with Crippen molar-refractivity contribution in [2.24, 2.45) is 10.2 Å². The third-order valence-corrected chi connectivity index (χ3v) is 3.36. The van der Waals surface area contributed by atoms with E-state index in [0.29, 0.717) is 5.69 Å². The molecule has 0 aliphatic carbocycles. The molecule has 23 heavy (non-hydrogen) atoms. The van der Waals surface area contributed by atoms with Crippen molar-refractivity contribution in [1.29, 1.82) is 0 Å². The molecule has 6 heteroatoms. The molecular weight excluding hydrogens is 296 g/mol. The van der Waals surface area contributed by atoms with Crippen molar-refractivity contribution in [2.45, 2.75) is 0 Å². The molecule has 0 radical (unpaired) electrons. The minimum absolute atomic E-state index is 0.0150. The minimum Gasteiger partial charge on any atom is -0.507 e. The third kappa shape index (κ3) is 2.82. The lowest BCUT2D eigenvalue weighted by atomic mass is 10.1. The van der Waals surface area contributed by atoms with E-state index in [4.69, 9.17) is 5.11 Å². The maximum Gasteiger partial charge on any atom is 0.339 e. The molecule has 0 atom stereocenters. The molecular formula is C17H12N2O4. The number of rotatable bonds is 3. The number of aromatic carboxylic acids is 1. The number of phenolic OH excluding ortho intramolecular Hbond substituents is 1. The second kappa shape index (κ2) is 5.76. The maximum absolute atomic E-state index is 10.9. The van der Waals surface area contributed by atoms with Crippen molar-refractivity contribution in [2.75, 3.05) is 0 Å². The van der Waals surface area contributed by atoms with Gasteiger partial charge in [-0.1, -0.05) is 30.3 Å². The standard InChI is InChI=1S/C17H12N2O4/c20-14-8-5-10-3-1-2-4-12(10)16(14)19-18-11-6-7-13(17(22)23)15(21)9-11/h1-9,20-21H,(H,22,23). The number of hydrogen-bond acceptors (Lipinski definition) is 5. The molecule has 0 bridgehead atoms. The lowest BCUT2D eigenvalue weighted by Crippen LogP contribution is -1.95. The quantitative estimate of drug-likeness (QED) is 0.625. The molecule has 0 fully saturated rings. The number of azo groups is 1. The van der Waals surface area contributed by atoms with Gasteiger partial charge in [-0.05, 0) is 23.6 Å². The Kier molecular flexibility index (Phi) is 3.64. The van der Waals surface area contributed by atoms with Gasteiger partial charge in [0.05, 0.1) is 5.69 Å². The monoisotopic (exact) mass is 308 g/mol. The van der Waals surface area contributed by atoms with Gasteiger partial charge in [-0.25, -0.2) is 4.79 Å². The molecule has 0 heterocycles. The van der Waals surface area contributed by atoms with E-state index in [2.05, 4.69) is 10.2 Å². The SMILES string of the molecule is O=C(O)c1ccc(N=Nc2c(O)ccc3ccccc23)cc1O.